The number of nitrogens with zero attached hydrogens (tertiary/aromatic N) is 2. The summed E-state index contributed by atoms with van der Waals surface area (Å²) in [6, 6.07) is 10.5. The van der Waals surface area contributed by atoms with Gasteiger partial charge in [0.25, 0.3) is 0 Å². The van der Waals surface area contributed by atoms with Gasteiger partial charge >= 0.3 is 12.4 Å². The van der Waals surface area contributed by atoms with Gasteiger partial charge in [-0.05, 0) is 48.9 Å². The smallest absolute Gasteiger partial charge is 0.454 e. The highest BCUT2D eigenvalue weighted by atomic mass is 32.1. The maximum Gasteiger partial charge on any atom is 0.573 e. The zero-order chi connectivity index (χ0) is 25.5. The number of aliphatic hydroxyl groups excluding tert-OH is 1. The lowest BCUT2D eigenvalue weighted by molar-refractivity contribution is -0.274. The number of carbonyl (C=O) groups is 1. The molecule has 9 nitrogen and oxygen atoms in total. The van der Waals surface area contributed by atoms with Crippen LogP contribution < -0.4 is 29.6 Å². The number of benzene rings is 2. The molecule has 0 atom stereocenters. The molecule has 1 aliphatic rings. The summed E-state index contributed by atoms with van der Waals surface area (Å²) in [6.07, 6.45) is -4.19. The molecule has 4 rings (SSSR count). The molecule has 192 valence electrons. The molecular weight excluding hydrogens is 501 g/mol. The molecule has 0 radical (unpaired) electrons. The number of urea groups is 1. The lowest BCUT2D eigenvalue weighted by Gasteiger charge is -2.11. The van der Waals surface area contributed by atoms with Crippen LogP contribution in [0.3, 0.4) is 0 Å². The zero-order valence-electron chi connectivity index (χ0n) is 18.9. The van der Waals surface area contributed by atoms with E-state index in [1.807, 2.05) is 28.1 Å². The van der Waals surface area contributed by atoms with Crippen LogP contribution in [-0.2, 0) is 6.54 Å². The third-order valence-corrected chi connectivity index (χ3v) is 5.87. The lowest BCUT2D eigenvalue weighted by Crippen LogP contribution is -2.37. The molecule has 13 heteroatoms. The van der Waals surface area contributed by atoms with E-state index in [-0.39, 0.29) is 31.7 Å². The SMILES string of the molecule is O=C(NCCO)NCCCn1c(-c2ccc3c(c2)OCO3)csc1=Nc1ccc(OC(F)(F)F)cc1. The summed E-state index contributed by atoms with van der Waals surface area (Å²) < 4.78 is 54.1. The molecule has 0 fully saturated rings. The number of aromatic nitrogens is 1. The zero-order valence-corrected chi connectivity index (χ0v) is 19.7. The van der Waals surface area contributed by atoms with Crippen molar-refractivity contribution in [2.75, 3.05) is 26.5 Å². The molecule has 3 aromatic rings. The number of halogens is 3. The van der Waals surface area contributed by atoms with Crippen molar-refractivity contribution in [1.82, 2.24) is 15.2 Å². The normalized spacial score (nSPS) is 13.1. The number of hydrogen-bond donors (Lipinski definition) is 3. The van der Waals surface area contributed by atoms with E-state index in [9.17, 15) is 18.0 Å². The van der Waals surface area contributed by atoms with Crippen molar-refractivity contribution < 1.29 is 37.3 Å². The summed E-state index contributed by atoms with van der Waals surface area (Å²) in [4.78, 5) is 17.0. The summed E-state index contributed by atoms with van der Waals surface area (Å²) in [7, 11) is 0. The van der Waals surface area contributed by atoms with Crippen molar-refractivity contribution >= 4 is 23.1 Å². The van der Waals surface area contributed by atoms with Crippen molar-refractivity contribution in [3.8, 4) is 28.5 Å². The second kappa shape index (κ2) is 11.4. The van der Waals surface area contributed by atoms with Gasteiger partial charge in [-0.3, -0.25) is 0 Å². The Balaban J connectivity index is 1.57. The Hall–Kier alpha value is -3.71. The van der Waals surface area contributed by atoms with Gasteiger partial charge in [0.2, 0.25) is 6.79 Å². The van der Waals surface area contributed by atoms with Crippen molar-refractivity contribution in [3.05, 3.63) is 52.6 Å². The first kappa shape index (κ1) is 25.4. The minimum atomic E-state index is -4.77. The highest BCUT2D eigenvalue weighted by molar-refractivity contribution is 7.07. The van der Waals surface area contributed by atoms with Crippen LogP contribution >= 0.6 is 11.3 Å². The van der Waals surface area contributed by atoms with Crippen LogP contribution in [-0.4, -0.2) is 48.6 Å². The number of fused-ring (bicyclic) bond motifs is 1. The summed E-state index contributed by atoms with van der Waals surface area (Å²) in [5.41, 5.74) is 2.19. The van der Waals surface area contributed by atoms with E-state index in [2.05, 4.69) is 20.4 Å². The van der Waals surface area contributed by atoms with E-state index in [1.165, 1.54) is 35.6 Å². The summed E-state index contributed by atoms with van der Waals surface area (Å²) in [6.45, 7) is 1.05. The van der Waals surface area contributed by atoms with Gasteiger partial charge in [-0.25, -0.2) is 9.79 Å². The number of aliphatic hydroxyl groups is 1. The molecule has 0 unspecified atom stereocenters. The highest BCUT2D eigenvalue weighted by Gasteiger charge is 2.31. The predicted molar refractivity (Wildman–Crippen MR) is 125 cm³/mol. The number of ether oxygens (including phenoxy) is 3. The van der Waals surface area contributed by atoms with Gasteiger partial charge in [0.05, 0.1) is 18.0 Å². The van der Waals surface area contributed by atoms with Gasteiger partial charge in [0.1, 0.15) is 5.75 Å². The Morgan fingerprint density at radius 3 is 2.61 bits per heavy atom. The van der Waals surface area contributed by atoms with Crippen LogP contribution in [0.4, 0.5) is 23.7 Å². The van der Waals surface area contributed by atoms with Crippen LogP contribution in [0.1, 0.15) is 6.42 Å². The largest absolute Gasteiger partial charge is 0.573 e. The summed E-state index contributed by atoms with van der Waals surface area (Å²) >= 11 is 1.37. The molecule has 3 N–H and O–H groups in total. The quantitative estimate of drug-likeness (QED) is 0.370. The second-order valence-electron chi connectivity index (χ2n) is 7.54. The van der Waals surface area contributed by atoms with Gasteiger partial charge in [-0.15, -0.1) is 24.5 Å². The monoisotopic (exact) mass is 524 g/mol. The molecule has 0 spiro atoms. The molecule has 2 amide bonds. The molecule has 1 aliphatic heterocycles. The average Bonchev–Trinajstić information content (AvgIpc) is 3.47. The summed E-state index contributed by atoms with van der Waals surface area (Å²) in [5, 5.41) is 16.0. The van der Waals surface area contributed by atoms with Gasteiger partial charge in [-0.2, -0.15) is 0 Å². The van der Waals surface area contributed by atoms with E-state index in [1.54, 1.807) is 0 Å². The van der Waals surface area contributed by atoms with Gasteiger partial charge in [0, 0.05) is 30.6 Å². The maximum absolute atomic E-state index is 12.4. The first-order chi connectivity index (χ1) is 17.3. The fourth-order valence-electron chi connectivity index (χ4n) is 3.43. The number of amides is 2. The standard InChI is InChI=1S/C23H23F3N4O5S/c24-23(25,26)35-17-5-3-16(4-6-17)29-22-30(10-1-8-27-21(32)28-9-11-31)18(13-36-22)15-2-7-19-20(12-15)34-14-33-19/h2-7,12-13,31H,1,8-11,14H2,(H2,27,28,32). The molecule has 0 aliphatic carbocycles. The molecule has 0 saturated carbocycles. The Morgan fingerprint density at radius 1 is 1.11 bits per heavy atom. The molecule has 2 aromatic carbocycles. The fourth-order valence-corrected chi connectivity index (χ4v) is 4.38. The molecule has 2 heterocycles. The van der Waals surface area contributed by atoms with Crippen LogP contribution in [0.25, 0.3) is 11.3 Å². The number of rotatable bonds is 9. The highest BCUT2D eigenvalue weighted by Crippen LogP contribution is 2.36. The Labute approximate surface area is 207 Å². The molecule has 0 bridgehead atoms. The summed E-state index contributed by atoms with van der Waals surface area (Å²) in [5.74, 6) is 0.961. The second-order valence-corrected chi connectivity index (χ2v) is 8.37. The van der Waals surface area contributed by atoms with E-state index < -0.39 is 6.36 Å². The fraction of sp³-hybridized carbons (Fsp3) is 0.304. The molecule has 1 aromatic heterocycles. The van der Waals surface area contributed by atoms with E-state index in [0.717, 1.165) is 11.3 Å². The molecular formula is C23H23F3N4O5S. The van der Waals surface area contributed by atoms with Crippen molar-refractivity contribution in [3.63, 3.8) is 0 Å². The first-order valence-electron chi connectivity index (χ1n) is 10.9. The van der Waals surface area contributed by atoms with Gasteiger partial charge in [-0.1, -0.05) is 0 Å². The van der Waals surface area contributed by atoms with E-state index in [0.29, 0.717) is 41.5 Å². The van der Waals surface area contributed by atoms with Crippen molar-refractivity contribution in [2.45, 2.75) is 19.3 Å². The number of carbonyl (C=O) groups excluding carboxylic acids is 1. The predicted octanol–water partition coefficient (Wildman–Crippen LogP) is 3.76. The molecule has 36 heavy (non-hydrogen) atoms. The van der Waals surface area contributed by atoms with Gasteiger partial charge in [0.15, 0.2) is 16.3 Å². The van der Waals surface area contributed by atoms with Crippen LogP contribution in [0, 0.1) is 0 Å². The van der Waals surface area contributed by atoms with Crippen LogP contribution in [0.15, 0.2) is 52.8 Å². The number of thiazole rings is 1. The number of alkyl halides is 3. The Kier molecular flexibility index (Phi) is 8.00. The minimum Gasteiger partial charge on any atom is -0.454 e. The molecule has 0 saturated heterocycles. The van der Waals surface area contributed by atoms with Crippen molar-refractivity contribution in [1.29, 1.82) is 0 Å². The van der Waals surface area contributed by atoms with E-state index in [4.69, 9.17) is 14.6 Å². The first-order valence-corrected chi connectivity index (χ1v) is 11.8. The minimum absolute atomic E-state index is 0.148. The maximum atomic E-state index is 12.4. The van der Waals surface area contributed by atoms with Crippen molar-refractivity contribution in [2.24, 2.45) is 4.99 Å². The number of nitrogens with one attached hydrogen (secondary N) is 2. The van der Waals surface area contributed by atoms with Crippen LogP contribution in [0.2, 0.25) is 0 Å². The van der Waals surface area contributed by atoms with Gasteiger partial charge < -0.3 is 34.5 Å². The number of hydrogen-bond acceptors (Lipinski definition) is 7. The van der Waals surface area contributed by atoms with Crippen LogP contribution in [0.5, 0.6) is 17.2 Å². The lowest BCUT2D eigenvalue weighted by atomic mass is 10.1. The third kappa shape index (κ3) is 6.70. The Bertz CT molecular complexity index is 1260. The average molecular weight is 525 g/mol. The third-order valence-electron chi connectivity index (χ3n) is 5.00. The topological polar surface area (TPSA) is 106 Å². The Morgan fingerprint density at radius 2 is 1.86 bits per heavy atom. The van der Waals surface area contributed by atoms with E-state index >= 15 is 0 Å².